The van der Waals surface area contributed by atoms with E-state index in [0.717, 1.165) is 43.3 Å². The molecule has 0 bridgehead atoms. The maximum Gasteiger partial charge on any atom is 0.314 e. The second-order valence-electron chi connectivity index (χ2n) is 5.28. The highest BCUT2D eigenvalue weighted by molar-refractivity contribution is 7.98. The first kappa shape index (κ1) is 20.6. The fourth-order valence-corrected chi connectivity index (χ4v) is 3.61. The van der Waals surface area contributed by atoms with Crippen LogP contribution in [0.1, 0.15) is 25.7 Å². The molecule has 0 radical (unpaired) electrons. The predicted octanol–water partition coefficient (Wildman–Crippen LogP) is 3.58. The number of nitro benzene ring substituents is 1. The lowest BCUT2D eigenvalue weighted by atomic mass is 10.1. The summed E-state index contributed by atoms with van der Waals surface area (Å²) in [5.41, 5.74) is -0.161. The van der Waals surface area contributed by atoms with E-state index in [-0.39, 0.29) is 23.5 Å². The molecule has 1 aliphatic heterocycles. The molecule has 1 aliphatic rings. The maximum atomic E-state index is 11.2. The molecule has 2 rings (SSSR count). The van der Waals surface area contributed by atoms with E-state index in [1.54, 1.807) is 0 Å². The van der Waals surface area contributed by atoms with Crippen LogP contribution in [0.4, 0.5) is 5.69 Å². The van der Waals surface area contributed by atoms with Gasteiger partial charge in [-0.1, -0.05) is 0 Å². The molecule has 0 amide bonds. The summed E-state index contributed by atoms with van der Waals surface area (Å²) < 4.78 is 23.2. The number of benzene rings is 1. The van der Waals surface area contributed by atoms with Crippen LogP contribution in [-0.4, -0.2) is 29.3 Å². The largest absolute Gasteiger partial charge is 0.487 e. The number of nitro groups is 1. The molecule has 0 saturated heterocycles. The highest BCUT2D eigenvalue weighted by atomic mass is 32.2. The van der Waals surface area contributed by atoms with Crippen LogP contribution in [0.2, 0.25) is 0 Å². The highest BCUT2D eigenvalue weighted by Gasteiger charge is 2.24. The monoisotopic (exact) mass is 405 g/mol. The lowest BCUT2D eigenvalue weighted by Crippen LogP contribution is -2.06. The Morgan fingerprint density at radius 1 is 1.31 bits per heavy atom. The van der Waals surface area contributed by atoms with E-state index in [0.29, 0.717) is 30.3 Å². The molecule has 144 valence electrons. The number of nitrogens with two attached hydrogens (primary N) is 1. The van der Waals surface area contributed by atoms with Gasteiger partial charge in [-0.25, -0.2) is 10.2 Å². The standard InChI is InChI=1S/C14H19N3O7S2/c15-24-25-6-4-10(26-16-18)3-1-2-5-21-12-8-14-13(22-9-23-14)7-11(12)17(19)20/h7-8,10H,1-6,9,15H2. The molecule has 1 aromatic carbocycles. The molecule has 12 heteroatoms. The van der Waals surface area contributed by atoms with E-state index >= 15 is 0 Å². The highest BCUT2D eigenvalue weighted by Crippen LogP contribution is 2.41. The lowest BCUT2D eigenvalue weighted by molar-refractivity contribution is -0.385. The van der Waals surface area contributed by atoms with Gasteiger partial charge >= 0.3 is 5.69 Å². The molecule has 1 unspecified atom stereocenters. The molecule has 10 nitrogen and oxygen atoms in total. The molecule has 1 heterocycles. The van der Waals surface area contributed by atoms with Crippen LogP contribution in [0, 0.1) is 15.0 Å². The topological polar surface area (TPSA) is 136 Å². The fourth-order valence-electron chi connectivity index (χ4n) is 2.37. The quantitative estimate of drug-likeness (QED) is 0.129. The molecular formula is C14H19N3O7S2. The number of nitrogens with zero attached hydrogens (tertiary/aromatic N) is 2. The van der Waals surface area contributed by atoms with Crippen LogP contribution in [-0.2, 0) is 4.28 Å². The molecule has 0 aromatic heterocycles. The average Bonchev–Trinajstić information content (AvgIpc) is 3.08. The minimum Gasteiger partial charge on any atom is -0.487 e. The molecule has 0 aliphatic carbocycles. The van der Waals surface area contributed by atoms with Crippen molar-refractivity contribution in [1.29, 1.82) is 0 Å². The second-order valence-corrected chi connectivity index (χ2v) is 7.15. The van der Waals surface area contributed by atoms with Gasteiger partial charge in [0.2, 0.25) is 12.5 Å². The van der Waals surface area contributed by atoms with Gasteiger partial charge in [-0.05, 0) is 25.7 Å². The minimum absolute atomic E-state index is 0.0350. The van der Waals surface area contributed by atoms with Crippen LogP contribution in [0.3, 0.4) is 0 Å². The zero-order chi connectivity index (χ0) is 18.8. The van der Waals surface area contributed by atoms with Gasteiger partial charge in [0, 0.05) is 45.6 Å². The van der Waals surface area contributed by atoms with E-state index < -0.39 is 4.92 Å². The van der Waals surface area contributed by atoms with Crippen molar-refractivity contribution in [2.45, 2.75) is 30.9 Å². The van der Waals surface area contributed by atoms with Crippen LogP contribution < -0.4 is 20.1 Å². The van der Waals surface area contributed by atoms with E-state index in [1.807, 2.05) is 0 Å². The summed E-state index contributed by atoms with van der Waals surface area (Å²) in [6, 6.07) is 2.77. The fraction of sp³-hybridized carbons (Fsp3) is 0.571. The molecule has 26 heavy (non-hydrogen) atoms. The summed E-state index contributed by atoms with van der Waals surface area (Å²) in [6.07, 6.45) is 2.99. The van der Waals surface area contributed by atoms with Gasteiger partial charge in [0.05, 0.1) is 17.6 Å². The maximum absolute atomic E-state index is 11.2. The van der Waals surface area contributed by atoms with Crippen molar-refractivity contribution in [2.75, 3.05) is 19.2 Å². The molecule has 1 aromatic rings. The summed E-state index contributed by atoms with van der Waals surface area (Å²) in [7, 11) is 0. The van der Waals surface area contributed by atoms with Gasteiger partial charge in [-0.3, -0.25) is 10.1 Å². The Balaban J connectivity index is 1.78. The van der Waals surface area contributed by atoms with Gasteiger partial charge in [0.1, 0.15) is 0 Å². The van der Waals surface area contributed by atoms with Gasteiger partial charge in [-0.2, -0.15) is 0 Å². The summed E-state index contributed by atoms with van der Waals surface area (Å²) in [5, 5.41) is 11.2. The van der Waals surface area contributed by atoms with Crippen molar-refractivity contribution in [3.05, 3.63) is 27.2 Å². The van der Waals surface area contributed by atoms with Crippen LogP contribution in [0.5, 0.6) is 17.2 Å². The molecular weight excluding hydrogens is 386 g/mol. The Morgan fingerprint density at radius 3 is 2.77 bits per heavy atom. The first-order valence-electron chi connectivity index (χ1n) is 7.83. The number of nitroso groups, excluding NO2 is 1. The minimum atomic E-state index is -0.517. The Hall–Kier alpha value is -1.76. The summed E-state index contributed by atoms with van der Waals surface area (Å²) >= 11 is 2.13. The lowest BCUT2D eigenvalue weighted by Gasteiger charge is -2.12. The van der Waals surface area contributed by atoms with Crippen LogP contribution in [0.15, 0.2) is 16.7 Å². The van der Waals surface area contributed by atoms with Crippen molar-refractivity contribution >= 4 is 29.7 Å². The Bertz CT molecular complexity index is 620. The number of fused-ring (bicyclic) bond motifs is 1. The number of hydrogen-bond donors (Lipinski definition) is 1. The molecule has 2 N–H and O–H groups in total. The van der Waals surface area contributed by atoms with Gasteiger partial charge in [-0.15, -0.1) is 4.91 Å². The molecule has 0 saturated carbocycles. The van der Waals surface area contributed by atoms with Gasteiger partial charge < -0.3 is 14.2 Å². The number of hydrogen-bond acceptors (Lipinski definition) is 11. The van der Waals surface area contributed by atoms with Crippen molar-refractivity contribution in [1.82, 2.24) is 0 Å². The Labute approximate surface area is 158 Å². The van der Waals surface area contributed by atoms with Gasteiger partial charge in [0.25, 0.3) is 0 Å². The third kappa shape index (κ3) is 6.20. The first-order valence-corrected chi connectivity index (χ1v) is 9.58. The molecule has 1 atom stereocenters. The predicted molar refractivity (Wildman–Crippen MR) is 98.1 cm³/mol. The van der Waals surface area contributed by atoms with Gasteiger partial charge in [0.15, 0.2) is 11.5 Å². The van der Waals surface area contributed by atoms with E-state index in [9.17, 15) is 15.0 Å². The zero-order valence-electron chi connectivity index (χ0n) is 13.8. The number of ether oxygens (including phenoxy) is 3. The normalized spacial score (nSPS) is 13.4. The molecule has 0 fully saturated rings. The van der Waals surface area contributed by atoms with Crippen LogP contribution in [0.25, 0.3) is 0 Å². The Kier molecular flexibility index (Phi) is 8.74. The van der Waals surface area contributed by atoms with E-state index in [2.05, 4.69) is 8.87 Å². The zero-order valence-corrected chi connectivity index (χ0v) is 15.5. The first-order chi connectivity index (χ1) is 12.7. The summed E-state index contributed by atoms with van der Waals surface area (Å²) in [5.74, 6) is 6.53. The average molecular weight is 405 g/mol. The third-order valence-corrected chi connectivity index (χ3v) is 5.01. The number of unbranched alkanes of at least 4 members (excludes halogenated alkanes) is 1. The van der Waals surface area contributed by atoms with Crippen molar-refractivity contribution in [3.8, 4) is 17.2 Å². The van der Waals surface area contributed by atoms with E-state index in [4.69, 9.17) is 20.1 Å². The Morgan fingerprint density at radius 2 is 2.08 bits per heavy atom. The second kappa shape index (κ2) is 11.1. The number of rotatable bonds is 13. The third-order valence-electron chi connectivity index (χ3n) is 3.61. The SMILES string of the molecule is NOSCCC(CCCCOc1cc2c(cc1[N+](=O)[O-])OCO2)SN=O. The molecule has 0 spiro atoms. The van der Waals surface area contributed by atoms with E-state index in [1.165, 1.54) is 12.1 Å². The summed E-state index contributed by atoms with van der Waals surface area (Å²) in [4.78, 5) is 21.1. The summed E-state index contributed by atoms with van der Waals surface area (Å²) in [6.45, 7) is 0.348. The van der Waals surface area contributed by atoms with Crippen molar-refractivity contribution in [3.63, 3.8) is 0 Å². The van der Waals surface area contributed by atoms with Crippen molar-refractivity contribution in [2.24, 2.45) is 10.5 Å². The van der Waals surface area contributed by atoms with Crippen LogP contribution >= 0.6 is 24.0 Å². The van der Waals surface area contributed by atoms with Crippen molar-refractivity contribution < 1.29 is 23.4 Å². The smallest absolute Gasteiger partial charge is 0.314 e.